The number of aryl methyl sites for hydroxylation is 1. The van der Waals surface area contributed by atoms with Gasteiger partial charge in [0.05, 0.1) is 17.2 Å². The first-order valence-corrected chi connectivity index (χ1v) is 5.45. The summed E-state index contributed by atoms with van der Waals surface area (Å²) in [4.78, 5) is 10.1. The van der Waals surface area contributed by atoms with Gasteiger partial charge >= 0.3 is 0 Å². The molecule has 0 aliphatic heterocycles. The molecule has 2 aromatic rings. The monoisotopic (exact) mass is 258 g/mol. The highest BCUT2D eigenvalue weighted by Crippen LogP contribution is 2.22. The van der Waals surface area contributed by atoms with Crippen LogP contribution >= 0.6 is 0 Å². The van der Waals surface area contributed by atoms with Gasteiger partial charge in [-0.1, -0.05) is 5.16 Å². The number of nitrogens with zero attached hydrogens (tertiary/aromatic N) is 3. The predicted octanol–water partition coefficient (Wildman–Crippen LogP) is 2.38. The van der Waals surface area contributed by atoms with Gasteiger partial charge in [0.2, 0.25) is 0 Å². The summed E-state index contributed by atoms with van der Waals surface area (Å²) in [5.41, 5.74) is 1.20. The molecule has 1 aromatic heterocycles. The third-order valence-corrected chi connectivity index (χ3v) is 2.46. The minimum Gasteiger partial charge on any atom is -0.378 e. The lowest BCUT2D eigenvalue weighted by atomic mass is 10.1. The first-order chi connectivity index (χ1) is 9.10. The SMILES string of the molecule is Cc1cc(CNc2ccc([N+](=O)[O-])c(C#N)c2)on1. The van der Waals surface area contributed by atoms with Crippen LogP contribution in [0, 0.1) is 28.4 Å². The standard InChI is InChI=1S/C12H10N4O3/c1-8-4-11(19-15-8)7-14-10-2-3-12(16(17)18)9(5-10)6-13/h2-5,14H,7H2,1H3. The van der Waals surface area contributed by atoms with Crippen LogP contribution in [0.4, 0.5) is 11.4 Å². The summed E-state index contributed by atoms with van der Waals surface area (Å²) in [6, 6.07) is 7.86. The first-order valence-electron chi connectivity index (χ1n) is 5.45. The smallest absolute Gasteiger partial charge is 0.287 e. The number of nitrogens with one attached hydrogen (secondary N) is 1. The molecule has 0 radical (unpaired) electrons. The third-order valence-electron chi connectivity index (χ3n) is 2.46. The second-order valence-electron chi connectivity index (χ2n) is 3.89. The molecule has 2 rings (SSSR count). The van der Waals surface area contributed by atoms with Gasteiger partial charge in [-0.05, 0) is 19.1 Å². The largest absolute Gasteiger partial charge is 0.378 e. The van der Waals surface area contributed by atoms with Gasteiger partial charge in [0.15, 0.2) is 5.76 Å². The van der Waals surface area contributed by atoms with Gasteiger partial charge in [-0.3, -0.25) is 10.1 Å². The number of anilines is 1. The van der Waals surface area contributed by atoms with Crippen molar-refractivity contribution < 1.29 is 9.45 Å². The molecule has 1 heterocycles. The molecule has 96 valence electrons. The summed E-state index contributed by atoms with van der Waals surface area (Å²) in [7, 11) is 0. The predicted molar refractivity (Wildman–Crippen MR) is 66.4 cm³/mol. The molecular formula is C12H10N4O3. The molecule has 0 saturated heterocycles. The van der Waals surface area contributed by atoms with E-state index in [1.807, 2.05) is 6.92 Å². The zero-order valence-electron chi connectivity index (χ0n) is 10.1. The van der Waals surface area contributed by atoms with Crippen LogP contribution in [-0.2, 0) is 6.54 Å². The molecule has 0 bridgehead atoms. The lowest BCUT2D eigenvalue weighted by Crippen LogP contribution is -2.00. The Morgan fingerprint density at radius 2 is 2.32 bits per heavy atom. The summed E-state index contributed by atoms with van der Waals surface area (Å²) in [5.74, 6) is 0.648. The Balaban J connectivity index is 2.14. The zero-order valence-corrected chi connectivity index (χ0v) is 10.1. The van der Waals surface area contributed by atoms with Gasteiger partial charge < -0.3 is 9.84 Å². The van der Waals surface area contributed by atoms with Gasteiger partial charge in [-0.2, -0.15) is 5.26 Å². The fourth-order valence-corrected chi connectivity index (χ4v) is 1.58. The topological polar surface area (TPSA) is 105 Å². The maximum atomic E-state index is 10.7. The van der Waals surface area contributed by atoms with Crippen LogP contribution in [0.2, 0.25) is 0 Å². The summed E-state index contributed by atoms with van der Waals surface area (Å²) >= 11 is 0. The number of hydrogen-bond donors (Lipinski definition) is 1. The number of benzene rings is 1. The molecular weight excluding hydrogens is 248 g/mol. The lowest BCUT2D eigenvalue weighted by molar-refractivity contribution is -0.385. The van der Waals surface area contributed by atoms with E-state index in [2.05, 4.69) is 10.5 Å². The van der Waals surface area contributed by atoms with Gasteiger partial charge in [-0.25, -0.2) is 0 Å². The van der Waals surface area contributed by atoms with E-state index in [0.29, 0.717) is 18.0 Å². The van der Waals surface area contributed by atoms with Gasteiger partial charge in [0.1, 0.15) is 11.6 Å². The number of hydrogen-bond acceptors (Lipinski definition) is 6. The van der Waals surface area contributed by atoms with E-state index in [1.165, 1.54) is 12.1 Å². The third kappa shape index (κ3) is 2.87. The highest BCUT2D eigenvalue weighted by molar-refractivity contribution is 5.58. The Kier molecular flexibility index (Phi) is 3.43. The number of rotatable bonds is 4. The van der Waals surface area contributed by atoms with Gasteiger partial charge in [0, 0.05) is 17.8 Å². The summed E-state index contributed by atoms with van der Waals surface area (Å²) in [5, 5.41) is 26.3. The maximum Gasteiger partial charge on any atom is 0.287 e. The van der Waals surface area contributed by atoms with Crippen LogP contribution in [0.25, 0.3) is 0 Å². The normalized spacial score (nSPS) is 9.89. The van der Waals surface area contributed by atoms with E-state index >= 15 is 0 Å². The van der Waals surface area contributed by atoms with E-state index in [-0.39, 0.29) is 11.3 Å². The molecule has 0 aliphatic carbocycles. The van der Waals surface area contributed by atoms with E-state index in [9.17, 15) is 10.1 Å². The Labute approximate surface area is 108 Å². The second kappa shape index (κ2) is 5.18. The first kappa shape index (κ1) is 12.6. The van der Waals surface area contributed by atoms with Crippen molar-refractivity contribution in [1.82, 2.24) is 5.16 Å². The fourth-order valence-electron chi connectivity index (χ4n) is 1.58. The molecule has 0 spiro atoms. The number of aromatic nitrogens is 1. The highest BCUT2D eigenvalue weighted by Gasteiger charge is 2.13. The Morgan fingerprint density at radius 3 is 2.89 bits per heavy atom. The molecule has 0 fully saturated rings. The van der Waals surface area contributed by atoms with Crippen LogP contribution in [0.15, 0.2) is 28.8 Å². The quantitative estimate of drug-likeness (QED) is 0.666. The summed E-state index contributed by atoms with van der Waals surface area (Å²) in [6.45, 7) is 2.20. The van der Waals surface area contributed by atoms with Crippen molar-refractivity contribution in [3.63, 3.8) is 0 Å². The van der Waals surface area contributed by atoms with Crippen molar-refractivity contribution in [3.05, 3.63) is 51.4 Å². The average Bonchev–Trinajstić information content (AvgIpc) is 2.81. The van der Waals surface area contributed by atoms with Crippen molar-refractivity contribution >= 4 is 11.4 Å². The van der Waals surface area contributed by atoms with Gasteiger partial charge in [0.25, 0.3) is 5.69 Å². The van der Waals surface area contributed by atoms with Crippen LogP contribution in [-0.4, -0.2) is 10.1 Å². The van der Waals surface area contributed by atoms with Crippen molar-refractivity contribution in [2.75, 3.05) is 5.32 Å². The van der Waals surface area contributed by atoms with Crippen molar-refractivity contribution in [3.8, 4) is 6.07 Å². The summed E-state index contributed by atoms with van der Waals surface area (Å²) < 4.78 is 5.02. The second-order valence-corrected chi connectivity index (χ2v) is 3.89. The molecule has 0 saturated carbocycles. The fraction of sp³-hybridized carbons (Fsp3) is 0.167. The van der Waals surface area contributed by atoms with Crippen LogP contribution < -0.4 is 5.32 Å². The Morgan fingerprint density at radius 1 is 1.53 bits per heavy atom. The number of nitriles is 1. The van der Waals surface area contributed by atoms with Crippen LogP contribution in [0.1, 0.15) is 17.0 Å². The minimum absolute atomic E-state index is 0.0174. The summed E-state index contributed by atoms with van der Waals surface area (Å²) in [6.07, 6.45) is 0. The van der Waals surface area contributed by atoms with Crippen molar-refractivity contribution in [2.24, 2.45) is 0 Å². The van der Waals surface area contributed by atoms with E-state index in [4.69, 9.17) is 9.78 Å². The van der Waals surface area contributed by atoms with Crippen LogP contribution in [0.3, 0.4) is 0 Å². The number of nitro benzene ring substituents is 1. The molecule has 7 nitrogen and oxygen atoms in total. The molecule has 1 aromatic carbocycles. The lowest BCUT2D eigenvalue weighted by Gasteiger charge is -2.04. The molecule has 7 heteroatoms. The molecule has 0 unspecified atom stereocenters. The van der Waals surface area contributed by atoms with Crippen molar-refractivity contribution in [2.45, 2.75) is 13.5 Å². The van der Waals surface area contributed by atoms with Crippen LogP contribution in [0.5, 0.6) is 0 Å². The highest BCUT2D eigenvalue weighted by atomic mass is 16.6. The van der Waals surface area contributed by atoms with Crippen molar-refractivity contribution in [1.29, 1.82) is 5.26 Å². The zero-order chi connectivity index (χ0) is 13.8. The molecule has 1 N–H and O–H groups in total. The average molecular weight is 258 g/mol. The van der Waals surface area contributed by atoms with Gasteiger partial charge in [-0.15, -0.1) is 0 Å². The molecule has 0 aliphatic rings. The Hall–Kier alpha value is -2.88. The molecule has 19 heavy (non-hydrogen) atoms. The molecule has 0 atom stereocenters. The van der Waals surface area contributed by atoms with E-state index < -0.39 is 4.92 Å². The Bertz CT molecular complexity index is 657. The van der Waals surface area contributed by atoms with E-state index in [0.717, 1.165) is 5.69 Å². The van der Waals surface area contributed by atoms with E-state index in [1.54, 1.807) is 18.2 Å². The molecule has 0 amide bonds. The maximum absolute atomic E-state index is 10.7. The minimum atomic E-state index is -0.581. The number of nitro groups is 1.